The van der Waals surface area contributed by atoms with Gasteiger partial charge in [-0.15, -0.1) is 0 Å². The molecular formula is C41H98O30. The molecule has 0 spiro atoms. The van der Waals surface area contributed by atoms with Crippen molar-refractivity contribution in [2.24, 2.45) is 0 Å². The summed E-state index contributed by atoms with van der Waals surface area (Å²) in [4.78, 5) is 9.60. The molecule has 0 radical (unpaired) electrons. The number of hydrogen-bond acceptors (Lipinski definition) is 29. The van der Waals surface area contributed by atoms with Crippen LogP contribution in [0.3, 0.4) is 0 Å². The number of rotatable bonds is 38. The van der Waals surface area contributed by atoms with E-state index in [1.807, 2.05) is 0 Å². The Morgan fingerprint density at radius 2 is 0.437 bits per heavy atom. The van der Waals surface area contributed by atoms with Crippen LogP contribution >= 0.6 is 0 Å². The van der Waals surface area contributed by atoms with Crippen molar-refractivity contribution >= 4 is 5.97 Å². The molecule has 0 amide bonds. The van der Waals surface area contributed by atoms with Crippen molar-refractivity contribution in [3.8, 4) is 0 Å². The SMILES string of the molecule is C=C(C)C(=O)O.COC(O)COCCO.OCCOCCO.OCCOCCO.OCCOCCO.OCCOCCO.OCCOCCO.OCCOCCO.OCCOCCO.OCCOCCO. The summed E-state index contributed by atoms with van der Waals surface area (Å²) in [6.45, 7) is 10.5. The summed E-state index contributed by atoms with van der Waals surface area (Å²) < 4.78 is 46.2. The average molecular weight is 1070 g/mol. The van der Waals surface area contributed by atoms with E-state index in [1.54, 1.807) is 0 Å². The fourth-order valence-electron chi connectivity index (χ4n) is 2.17. The van der Waals surface area contributed by atoms with Crippen LogP contribution in [0.4, 0.5) is 0 Å². The van der Waals surface area contributed by atoms with Gasteiger partial charge in [0, 0.05) is 12.7 Å². The molecule has 0 bridgehead atoms. The van der Waals surface area contributed by atoms with Crippen molar-refractivity contribution in [2.75, 3.05) is 238 Å². The molecule has 0 aromatic heterocycles. The van der Waals surface area contributed by atoms with E-state index in [1.165, 1.54) is 14.0 Å². The number of hydrogen-bond donors (Lipinski definition) is 19. The molecule has 0 aliphatic heterocycles. The standard InChI is InChI=1S/C5H12O4.8C4H10O3.C4H6O2/c1-8-5(7)4-9-3-2-6;8*5-1-3-7-4-2-6;1-3(2)4(5)6/h5-7H,2-4H2,1H3;8*5-6H,1-4H2;1H2,2H3,(H,5,6). The first kappa shape index (κ1) is 91.7. The number of aliphatic hydroxyl groups excluding tert-OH is 18. The number of methoxy groups -OCH3 is 1. The summed E-state index contributed by atoms with van der Waals surface area (Å²) in [5, 5.41) is 154. The Morgan fingerprint density at radius 1 is 0.324 bits per heavy atom. The summed E-state index contributed by atoms with van der Waals surface area (Å²) in [5.41, 5.74) is 0.176. The molecule has 442 valence electrons. The highest BCUT2D eigenvalue weighted by Gasteiger charge is 1.98. The molecule has 0 aromatic rings. The molecular weight excluding hydrogens is 972 g/mol. The Labute approximate surface area is 418 Å². The van der Waals surface area contributed by atoms with Gasteiger partial charge in [0.05, 0.1) is 231 Å². The largest absolute Gasteiger partial charge is 0.478 e. The molecule has 0 fully saturated rings. The Kier molecular flexibility index (Phi) is 146. The van der Waals surface area contributed by atoms with Gasteiger partial charge in [0.2, 0.25) is 0 Å². The molecule has 0 saturated carbocycles. The van der Waals surface area contributed by atoms with Gasteiger partial charge in [-0.2, -0.15) is 0 Å². The fourth-order valence-corrected chi connectivity index (χ4v) is 2.17. The Balaban J connectivity index is -0.0000000729. The predicted octanol–water partition coefficient (Wildman–Crippen LogP) is -8.49. The molecule has 1 unspecified atom stereocenters. The molecule has 71 heavy (non-hydrogen) atoms. The maximum atomic E-state index is 9.60. The first-order valence-electron chi connectivity index (χ1n) is 21.9. The highest BCUT2D eigenvalue weighted by molar-refractivity contribution is 5.84. The zero-order valence-corrected chi connectivity index (χ0v) is 42.0. The first-order chi connectivity index (χ1) is 34.3. The van der Waals surface area contributed by atoms with Crippen molar-refractivity contribution in [1.82, 2.24) is 0 Å². The van der Waals surface area contributed by atoms with E-state index in [2.05, 4.69) is 49.2 Å². The lowest BCUT2D eigenvalue weighted by Gasteiger charge is -2.06. The summed E-state index contributed by atoms with van der Waals surface area (Å²) in [6.07, 6.45) is -0.878. The van der Waals surface area contributed by atoms with Crippen LogP contribution in [0.1, 0.15) is 6.92 Å². The van der Waals surface area contributed by atoms with E-state index in [4.69, 9.17) is 102 Å². The third-order valence-electron chi connectivity index (χ3n) is 4.90. The number of aliphatic hydroxyl groups is 18. The van der Waals surface area contributed by atoms with Gasteiger partial charge in [-0.25, -0.2) is 4.79 Å². The zero-order chi connectivity index (χ0) is 56.6. The molecule has 30 nitrogen and oxygen atoms in total. The number of carboxylic acids is 1. The predicted molar refractivity (Wildman–Crippen MR) is 253 cm³/mol. The topological polar surface area (TPSA) is 494 Å². The van der Waals surface area contributed by atoms with Gasteiger partial charge in [0.15, 0.2) is 6.29 Å². The maximum Gasteiger partial charge on any atom is 0.330 e. The molecule has 0 saturated heterocycles. The van der Waals surface area contributed by atoms with Gasteiger partial charge in [-0.1, -0.05) is 6.58 Å². The molecule has 0 rings (SSSR count). The van der Waals surface area contributed by atoms with Crippen molar-refractivity contribution in [3.05, 3.63) is 12.2 Å². The Bertz CT molecular complexity index is 607. The number of carbonyl (C=O) groups is 1. The number of aliphatic carboxylic acids is 1. The van der Waals surface area contributed by atoms with Gasteiger partial charge in [0.1, 0.15) is 0 Å². The van der Waals surface area contributed by atoms with Crippen LogP contribution in [-0.4, -0.2) is 348 Å². The van der Waals surface area contributed by atoms with E-state index in [9.17, 15) is 4.79 Å². The van der Waals surface area contributed by atoms with Crippen molar-refractivity contribution in [1.29, 1.82) is 0 Å². The van der Waals surface area contributed by atoms with Gasteiger partial charge >= 0.3 is 5.97 Å². The highest BCUT2D eigenvalue weighted by Crippen LogP contribution is 1.84. The van der Waals surface area contributed by atoms with Gasteiger partial charge in [0.25, 0.3) is 0 Å². The van der Waals surface area contributed by atoms with E-state index in [-0.39, 0.29) is 131 Å². The smallest absolute Gasteiger partial charge is 0.330 e. The Hall–Kier alpha value is -1.91. The van der Waals surface area contributed by atoms with Crippen LogP contribution in [0.15, 0.2) is 12.2 Å². The molecule has 0 aromatic carbocycles. The maximum absolute atomic E-state index is 9.60. The van der Waals surface area contributed by atoms with Crippen molar-refractivity contribution < 1.29 is 149 Å². The summed E-state index contributed by atoms with van der Waals surface area (Å²) in [7, 11) is 1.38. The minimum Gasteiger partial charge on any atom is -0.478 e. The lowest BCUT2D eigenvalue weighted by atomic mass is 10.4. The molecule has 19 N–H and O–H groups in total. The highest BCUT2D eigenvalue weighted by atomic mass is 16.6. The molecule has 0 aliphatic rings. The average Bonchev–Trinajstić information content (AvgIpc) is 3.37. The van der Waals surface area contributed by atoms with Crippen LogP contribution in [-0.2, 0) is 52.2 Å². The van der Waals surface area contributed by atoms with E-state index in [0.717, 1.165) is 0 Å². The molecule has 1 atom stereocenters. The lowest BCUT2D eigenvalue weighted by Crippen LogP contribution is -2.18. The van der Waals surface area contributed by atoms with Crippen LogP contribution < -0.4 is 0 Å². The second kappa shape index (κ2) is 113. The first-order valence-corrected chi connectivity index (χ1v) is 21.9. The van der Waals surface area contributed by atoms with Crippen LogP contribution in [0, 0.1) is 0 Å². The quantitative estimate of drug-likeness (QED) is 0.0155. The van der Waals surface area contributed by atoms with Crippen LogP contribution in [0.2, 0.25) is 0 Å². The lowest BCUT2D eigenvalue weighted by molar-refractivity contribution is -0.132. The molecule has 0 aliphatic carbocycles. The van der Waals surface area contributed by atoms with Gasteiger partial charge in [-0.05, 0) is 6.92 Å². The van der Waals surface area contributed by atoms with Crippen LogP contribution in [0.25, 0.3) is 0 Å². The van der Waals surface area contributed by atoms with Gasteiger partial charge in [-0.3, -0.25) is 0 Å². The normalized spacial score (nSPS) is 9.80. The van der Waals surface area contributed by atoms with E-state index < -0.39 is 12.3 Å². The van der Waals surface area contributed by atoms with E-state index >= 15 is 0 Å². The van der Waals surface area contributed by atoms with Crippen molar-refractivity contribution in [3.63, 3.8) is 0 Å². The number of carboxylic acid groups (broad SMARTS) is 1. The second-order valence-corrected chi connectivity index (χ2v) is 11.1. The Morgan fingerprint density at radius 3 is 0.521 bits per heavy atom. The molecule has 30 heteroatoms. The van der Waals surface area contributed by atoms with Gasteiger partial charge < -0.3 is 144 Å². The van der Waals surface area contributed by atoms with Crippen LogP contribution in [0.5, 0.6) is 0 Å². The zero-order valence-electron chi connectivity index (χ0n) is 42.0. The minimum atomic E-state index is -0.935. The summed E-state index contributed by atoms with van der Waals surface area (Å²) >= 11 is 0. The monoisotopic (exact) mass is 1070 g/mol. The fraction of sp³-hybridized carbons (Fsp3) is 0.927. The molecule has 0 heterocycles. The second-order valence-electron chi connectivity index (χ2n) is 11.1. The van der Waals surface area contributed by atoms with E-state index in [0.29, 0.717) is 106 Å². The third-order valence-corrected chi connectivity index (χ3v) is 4.90. The summed E-state index contributed by atoms with van der Waals surface area (Å²) in [5.74, 6) is -0.935. The minimum absolute atomic E-state index is 0.0278. The summed E-state index contributed by atoms with van der Waals surface area (Å²) in [6, 6.07) is 0. The van der Waals surface area contributed by atoms with Crippen molar-refractivity contribution in [2.45, 2.75) is 13.2 Å². The number of ether oxygens (including phenoxy) is 10. The third kappa shape index (κ3) is 176.